The van der Waals surface area contributed by atoms with E-state index in [9.17, 15) is 54.3 Å². The van der Waals surface area contributed by atoms with Crippen molar-refractivity contribution in [1.29, 1.82) is 0 Å². The van der Waals surface area contributed by atoms with Crippen molar-refractivity contribution < 1.29 is 54.3 Å². The molecule has 17 heteroatoms. The summed E-state index contributed by atoms with van der Waals surface area (Å²) >= 11 is 0. The Morgan fingerprint density at radius 1 is 0.485 bits per heavy atom. The highest BCUT2D eigenvalue weighted by molar-refractivity contribution is 6.16. The number of hydrogen-bond acceptors (Lipinski definition) is 7. The highest BCUT2D eigenvalue weighted by Gasteiger charge is 2.31. The maximum absolute atomic E-state index is 13.7. The van der Waals surface area contributed by atoms with Crippen molar-refractivity contribution in [3.8, 4) is 0 Å². The molecule has 6 rings (SSSR count). The van der Waals surface area contributed by atoms with E-state index < -0.39 is 58.1 Å². The fourth-order valence-electron chi connectivity index (χ4n) is 6.80. The van der Waals surface area contributed by atoms with Gasteiger partial charge in [-0.15, -0.1) is 0 Å². The Bertz CT molecular complexity index is 2460. The Balaban J connectivity index is 0.000000249. The molecule has 1 N–H and O–H groups in total. The van der Waals surface area contributed by atoms with Crippen LogP contribution in [0.1, 0.15) is 28.7 Å². The maximum Gasteiger partial charge on any atom is 0.237 e. The molecule has 66 heavy (non-hydrogen) atoms. The minimum atomic E-state index is -1.06. The fraction of sp³-hybridized carbons (Fsp3) is 0.265. The van der Waals surface area contributed by atoms with E-state index in [1.807, 2.05) is 19.0 Å². The molecule has 2 aliphatic rings. The van der Waals surface area contributed by atoms with E-state index in [1.54, 1.807) is 19.0 Å². The molecular formula is C49H47F8N5O4. The fourth-order valence-corrected chi connectivity index (χ4v) is 6.80. The summed E-state index contributed by atoms with van der Waals surface area (Å²) in [4.78, 5) is 58.3. The minimum Gasteiger partial charge on any atom is -0.334 e. The van der Waals surface area contributed by atoms with Crippen LogP contribution in [0.15, 0.2) is 95.1 Å². The zero-order chi connectivity index (χ0) is 48.2. The number of hydrogen-bond donors (Lipinski definition) is 1. The van der Waals surface area contributed by atoms with Crippen LogP contribution in [0.5, 0.6) is 0 Å². The topological polar surface area (TPSA) is 93.3 Å². The molecule has 0 bridgehead atoms. The second-order valence-corrected chi connectivity index (χ2v) is 16.1. The van der Waals surface area contributed by atoms with Gasteiger partial charge < -0.3 is 24.9 Å². The predicted molar refractivity (Wildman–Crippen MR) is 235 cm³/mol. The van der Waals surface area contributed by atoms with E-state index in [4.69, 9.17) is 0 Å². The van der Waals surface area contributed by atoms with E-state index in [-0.39, 0.29) is 95.5 Å². The number of likely N-dealkylation sites (N-methyl/N-ethyl adjacent to an activating group) is 2. The summed E-state index contributed by atoms with van der Waals surface area (Å²) in [7, 11) is 7.34. The molecule has 9 nitrogen and oxygen atoms in total. The molecule has 4 aromatic rings. The SMILES string of the molecule is CN(C)CC(=O)N1C/C(=C\c2ccc(F)c(F)c2)C(=O)/C(=C/c2ccc(F)c(F)c2)C1.CN(C)CCNCCC(=O)N1C/C(=C\c2ccc(F)c(F)c2)C(=O)/C(=C/c2ccc(F)c(F)c2)C1. The molecule has 0 aromatic heterocycles. The monoisotopic (exact) mass is 921 g/mol. The molecule has 2 amide bonds. The van der Waals surface area contributed by atoms with Gasteiger partial charge in [0.05, 0.1) is 6.54 Å². The molecule has 2 fully saturated rings. The lowest BCUT2D eigenvalue weighted by Gasteiger charge is -2.31. The van der Waals surface area contributed by atoms with Crippen molar-refractivity contribution in [3.05, 3.63) is 164 Å². The third-order valence-electron chi connectivity index (χ3n) is 10.2. The zero-order valence-electron chi connectivity index (χ0n) is 36.5. The van der Waals surface area contributed by atoms with Crippen LogP contribution in [0, 0.1) is 46.5 Å². The molecule has 0 saturated carbocycles. The Labute approximate surface area is 377 Å². The molecule has 0 unspecified atom stereocenters. The highest BCUT2D eigenvalue weighted by Crippen LogP contribution is 2.26. The quantitative estimate of drug-likeness (QED) is 0.0904. The van der Waals surface area contributed by atoms with Crippen LogP contribution in [0.2, 0.25) is 0 Å². The summed E-state index contributed by atoms with van der Waals surface area (Å²) in [5, 5.41) is 3.18. The normalized spacial score (nSPS) is 16.8. The van der Waals surface area contributed by atoms with Crippen LogP contribution in [0.25, 0.3) is 24.3 Å². The second kappa shape index (κ2) is 23.1. The van der Waals surface area contributed by atoms with Crippen LogP contribution in [0.4, 0.5) is 35.1 Å². The Kier molecular flexibility index (Phi) is 17.6. The van der Waals surface area contributed by atoms with Gasteiger partial charge in [-0.1, -0.05) is 24.3 Å². The number of carbonyl (C=O) groups excluding carboxylic acids is 4. The summed E-state index contributed by atoms with van der Waals surface area (Å²) < 4.78 is 108. The summed E-state index contributed by atoms with van der Waals surface area (Å²) in [6, 6.07) is 12.9. The average Bonchev–Trinajstić information content (AvgIpc) is 3.25. The standard InChI is InChI=1S/C26H27F4N3O2.C23H20F4N2O2/c1-32(2)10-9-31-8-7-25(34)33-15-19(11-17-3-5-21(27)23(29)13-17)26(35)20(16-33)12-18-4-6-22(28)24(30)14-18;1-28(2)13-22(30)29-11-16(7-14-3-5-18(24)20(26)9-14)23(31)17(12-29)8-15-4-6-19(25)21(27)10-15/h3-6,11-14,31H,7-10,15-16H2,1-2H3;3-10H,11-13H2,1-2H3/b19-11+,20-12+;16-7+,17-8+. The Morgan fingerprint density at radius 3 is 1.09 bits per heavy atom. The van der Waals surface area contributed by atoms with E-state index >= 15 is 0 Å². The zero-order valence-corrected chi connectivity index (χ0v) is 36.5. The van der Waals surface area contributed by atoms with E-state index in [0.717, 1.165) is 55.1 Å². The lowest BCUT2D eigenvalue weighted by atomic mass is 9.94. The summed E-state index contributed by atoms with van der Waals surface area (Å²) in [6.45, 7) is 2.02. The van der Waals surface area contributed by atoms with E-state index in [0.29, 0.717) is 13.1 Å². The van der Waals surface area contributed by atoms with Crippen LogP contribution >= 0.6 is 0 Å². The van der Waals surface area contributed by atoms with Crippen molar-refractivity contribution in [2.24, 2.45) is 0 Å². The van der Waals surface area contributed by atoms with Crippen LogP contribution in [-0.4, -0.2) is 124 Å². The van der Waals surface area contributed by atoms with Gasteiger partial charge in [-0.25, -0.2) is 35.1 Å². The number of amides is 2. The number of halogens is 8. The first-order valence-electron chi connectivity index (χ1n) is 20.6. The van der Waals surface area contributed by atoms with E-state index in [2.05, 4.69) is 5.32 Å². The number of nitrogens with zero attached hydrogens (tertiary/aromatic N) is 4. The second-order valence-electron chi connectivity index (χ2n) is 16.1. The van der Waals surface area contributed by atoms with Gasteiger partial charge in [0.1, 0.15) is 0 Å². The van der Waals surface area contributed by atoms with Crippen LogP contribution in [0.3, 0.4) is 0 Å². The number of benzene rings is 4. The van der Waals surface area contributed by atoms with Gasteiger partial charge >= 0.3 is 0 Å². The molecule has 348 valence electrons. The van der Waals surface area contributed by atoms with Gasteiger partial charge in [-0.3, -0.25) is 19.2 Å². The van der Waals surface area contributed by atoms with E-state index in [1.165, 1.54) is 58.4 Å². The summed E-state index contributed by atoms with van der Waals surface area (Å²) in [5.74, 6) is -9.57. The van der Waals surface area contributed by atoms with Gasteiger partial charge in [-0.2, -0.15) is 0 Å². The number of nitrogens with one attached hydrogen (secondary N) is 1. The van der Waals surface area contributed by atoms with Crippen molar-refractivity contribution in [2.45, 2.75) is 6.42 Å². The molecule has 2 aliphatic heterocycles. The van der Waals surface area contributed by atoms with Gasteiger partial charge in [0.15, 0.2) is 58.1 Å². The van der Waals surface area contributed by atoms with Crippen molar-refractivity contribution in [2.75, 3.05) is 80.5 Å². The molecular weight excluding hydrogens is 875 g/mol. The summed E-state index contributed by atoms with van der Waals surface area (Å²) in [5.41, 5.74) is 1.83. The van der Waals surface area contributed by atoms with Crippen molar-refractivity contribution >= 4 is 47.7 Å². The molecule has 2 heterocycles. The first-order valence-corrected chi connectivity index (χ1v) is 20.6. The van der Waals surface area contributed by atoms with Crippen LogP contribution < -0.4 is 5.32 Å². The lowest BCUT2D eigenvalue weighted by molar-refractivity contribution is -0.132. The molecule has 0 aliphatic carbocycles. The third kappa shape index (κ3) is 14.2. The van der Waals surface area contributed by atoms with Crippen molar-refractivity contribution in [1.82, 2.24) is 24.9 Å². The van der Waals surface area contributed by atoms with Crippen molar-refractivity contribution in [3.63, 3.8) is 0 Å². The molecule has 0 spiro atoms. The highest BCUT2D eigenvalue weighted by atomic mass is 19.2. The molecule has 2 saturated heterocycles. The number of likely N-dealkylation sites (tertiary alicyclic amines) is 2. The lowest BCUT2D eigenvalue weighted by Crippen LogP contribution is -2.45. The number of ketones is 2. The maximum atomic E-state index is 13.7. The largest absolute Gasteiger partial charge is 0.334 e. The Morgan fingerprint density at radius 2 is 0.803 bits per heavy atom. The number of rotatable bonds is 12. The number of piperidine rings is 2. The molecule has 0 atom stereocenters. The Hall–Kier alpha value is -6.56. The van der Waals surface area contributed by atoms with Crippen LogP contribution in [-0.2, 0) is 19.2 Å². The average molecular weight is 922 g/mol. The van der Waals surface area contributed by atoms with Gasteiger partial charge in [0.2, 0.25) is 11.8 Å². The molecule has 4 aromatic carbocycles. The van der Waals surface area contributed by atoms with Gasteiger partial charge in [0.25, 0.3) is 0 Å². The first kappa shape index (κ1) is 50.4. The third-order valence-corrected chi connectivity index (χ3v) is 10.2. The first-order chi connectivity index (χ1) is 31.3. The predicted octanol–water partition coefficient (Wildman–Crippen LogP) is 7.35. The smallest absolute Gasteiger partial charge is 0.237 e. The van der Waals surface area contributed by atoms with Gasteiger partial charge in [0, 0.05) is 74.5 Å². The molecule has 0 radical (unpaired) electrons. The summed E-state index contributed by atoms with van der Waals surface area (Å²) in [6.07, 6.45) is 5.77. The minimum absolute atomic E-state index is 0.0104. The van der Waals surface area contributed by atoms with Gasteiger partial charge in [-0.05, 0) is 123 Å². The number of carbonyl (C=O) groups is 4. The number of Topliss-reactive ketones (excluding diaryl/α,β-unsaturated/α-hetero) is 2.